The van der Waals surface area contributed by atoms with Gasteiger partial charge in [-0.2, -0.15) is 5.10 Å². The van der Waals surface area contributed by atoms with Crippen LogP contribution < -0.4 is 5.32 Å². The van der Waals surface area contributed by atoms with Crippen LogP contribution in [-0.4, -0.2) is 28.1 Å². The normalized spacial score (nSPS) is 13.3. The van der Waals surface area contributed by atoms with Crippen LogP contribution >= 0.6 is 11.8 Å². The smallest absolute Gasteiger partial charge is 0.0942 e. The van der Waals surface area contributed by atoms with E-state index in [0.29, 0.717) is 5.25 Å². The van der Waals surface area contributed by atoms with Gasteiger partial charge in [-0.15, -0.1) is 11.8 Å². The summed E-state index contributed by atoms with van der Waals surface area (Å²) in [6.45, 7) is 11.0. The Morgan fingerprint density at radius 2 is 2.12 bits per heavy atom. The van der Waals surface area contributed by atoms with E-state index in [0.717, 1.165) is 24.7 Å². The Labute approximate surface area is 109 Å². The molecule has 17 heavy (non-hydrogen) atoms. The minimum Gasteiger partial charge on any atom is -0.316 e. The summed E-state index contributed by atoms with van der Waals surface area (Å²) in [5.74, 6) is 0.783. The van der Waals surface area contributed by atoms with Crippen molar-refractivity contribution in [2.45, 2.75) is 44.4 Å². The highest BCUT2D eigenvalue weighted by Crippen LogP contribution is 2.22. The van der Waals surface area contributed by atoms with Gasteiger partial charge in [-0.25, -0.2) is 0 Å². The van der Waals surface area contributed by atoms with Gasteiger partial charge < -0.3 is 5.32 Å². The maximum atomic E-state index is 4.36. The molecule has 1 rings (SSSR count). The van der Waals surface area contributed by atoms with Crippen molar-refractivity contribution in [3.8, 4) is 0 Å². The predicted molar refractivity (Wildman–Crippen MR) is 75.6 cm³/mol. The van der Waals surface area contributed by atoms with Gasteiger partial charge in [0.25, 0.3) is 0 Å². The fraction of sp³-hybridized carbons (Fsp3) is 0.769. The lowest BCUT2D eigenvalue weighted by Gasteiger charge is -2.13. The fourth-order valence-electron chi connectivity index (χ4n) is 1.64. The second kappa shape index (κ2) is 7.07. The molecule has 4 heteroatoms. The van der Waals surface area contributed by atoms with E-state index >= 15 is 0 Å². The van der Waals surface area contributed by atoms with E-state index in [-0.39, 0.29) is 0 Å². The molecule has 1 aromatic rings. The number of nitrogens with one attached hydrogen (secondary N) is 1. The zero-order chi connectivity index (χ0) is 12.8. The summed E-state index contributed by atoms with van der Waals surface area (Å²) in [6.07, 6.45) is 1.25. The van der Waals surface area contributed by atoms with Gasteiger partial charge in [0.1, 0.15) is 0 Å². The first kappa shape index (κ1) is 14.6. The molecule has 0 saturated heterocycles. The van der Waals surface area contributed by atoms with Crippen LogP contribution in [0.1, 0.15) is 32.9 Å². The average molecular weight is 255 g/mol. The average Bonchev–Trinajstić information content (AvgIpc) is 2.52. The van der Waals surface area contributed by atoms with E-state index in [1.165, 1.54) is 11.4 Å². The van der Waals surface area contributed by atoms with Gasteiger partial charge in [-0.1, -0.05) is 20.8 Å². The Morgan fingerprint density at radius 1 is 1.41 bits per heavy atom. The van der Waals surface area contributed by atoms with Crippen molar-refractivity contribution in [3.05, 3.63) is 11.8 Å². The molecule has 1 unspecified atom stereocenters. The van der Waals surface area contributed by atoms with Gasteiger partial charge in [0.2, 0.25) is 0 Å². The minimum absolute atomic E-state index is 0.581. The first-order chi connectivity index (χ1) is 7.99. The van der Waals surface area contributed by atoms with E-state index in [1.54, 1.807) is 0 Å². The van der Waals surface area contributed by atoms with Crippen LogP contribution in [0.4, 0.5) is 0 Å². The molecule has 3 nitrogen and oxygen atoms in total. The largest absolute Gasteiger partial charge is 0.316 e. The van der Waals surface area contributed by atoms with Crippen LogP contribution in [0.25, 0.3) is 0 Å². The van der Waals surface area contributed by atoms with Gasteiger partial charge in [0, 0.05) is 18.8 Å². The third-order valence-corrected chi connectivity index (χ3v) is 3.80. The molecule has 0 amide bonds. The summed E-state index contributed by atoms with van der Waals surface area (Å²) in [6, 6.07) is 2.15. The molecule has 0 bridgehead atoms. The van der Waals surface area contributed by atoms with E-state index in [9.17, 15) is 0 Å². The highest BCUT2D eigenvalue weighted by atomic mass is 32.2. The molecule has 1 aromatic heterocycles. The van der Waals surface area contributed by atoms with Crippen molar-refractivity contribution in [3.63, 3.8) is 0 Å². The quantitative estimate of drug-likeness (QED) is 0.600. The lowest BCUT2D eigenvalue weighted by Crippen LogP contribution is -2.24. The SMILES string of the molecule is Cc1cc(SC(C)CNCCC(C)C)n(C)n1. The Morgan fingerprint density at radius 3 is 2.65 bits per heavy atom. The number of rotatable bonds is 7. The van der Waals surface area contributed by atoms with Crippen molar-refractivity contribution in [1.29, 1.82) is 0 Å². The van der Waals surface area contributed by atoms with E-state index < -0.39 is 0 Å². The zero-order valence-corrected chi connectivity index (χ0v) is 12.5. The maximum absolute atomic E-state index is 4.36. The first-order valence-electron chi connectivity index (χ1n) is 6.37. The molecule has 98 valence electrons. The third-order valence-electron chi connectivity index (χ3n) is 2.61. The van der Waals surface area contributed by atoms with Crippen molar-refractivity contribution in [1.82, 2.24) is 15.1 Å². The number of thioether (sulfide) groups is 1. The van der Waals surface area contributed by atoms with E-state index in [1.807, 2.05) is 30.4 Å². The fourth-order valence-corrected chi connectivity index (χ4v) is 2.69. The molecular formula is C13H25N3S. The van der Waals surface area contributed by atoms with Crippen molar-refractivity contribution < 1.29 is 0 Å². The Hall–Kier alpha value is -0.480. The monoisotopic (exact) mass is 255 g/mol. The molecular weight excluding hydrogens is 230 g/mol. The van der Waals surface area contributed by atoms with Crippen LogP contribution in [0.3, 0.4) is 0 Å². The number of hydrogen-bond acceptors (Lipinski definition) is 3. The lowest BCUT2D eigenvalue weighted by atomic mass is 10.1. The molecule has 0 aliphatic rings. The van der Waals surface area contributed by atoms with Gasteiger partial charge in [-0.05, 0) is 31.9 Å². The standard InChI is InChI=1S/C13H25N3S/c1-10(2)6-7-14-9-12(4)17-13-8-11(3)15-16(13)5/h8,10,12,14H,6-7,9H2,1-5H3. The predicted octanol–water partition coefficient (Wildman–Crippen LogP) is 2.84. The minimum atomic E-state index is 0.581. The lowest BCUT2D eigenvalue weighted by molar-refractivity contribution is 0.538. The summed E-state index contributed by atoms with van der Waals surface area (Å²) in [5, 5.41) is 9.70. The molecule has 0 saturated carbocycles. The highest BCUT2D eigenvalue weighted by molar-refractivity contribution is 7.99. The Balaban J connectivity index is 2.25. The Kier molecular flexibility index (Phi) is 6.06. The summed E-state index contributed by atoms with van der Waals surface area (Å²) in [7, 11) is 2.01. The van der Waals surface area contributed by atoms with Crippen molar-refractivity contribution in [2.75, 3.05) is 13.1 Å². The molecule has 0 radical (unpaired) electrons. The van der Waals surface area contributed by atoms with E-state index in [4.69, 9.17) is 0 Å². The van der Waals surface area contributed by atoms with Crippen molar-refractivity contribution in [2.24, 2.45) is 13.0 Å². The van der Waals surface area contributed by atoms with Crippen LogP contribution in [-0.2, 0) is 7.05 Å². The molecule has 0 aliphatic carbocycles. The van der Waals surface area contributed by atoms with Gasteiger partial charge in [0.15, 0.2) is 0 Å². The van der Waals surface area contributed by atoms with Gasteiger partial charge in [-0.3, -0.25) is 4.68 Å². The van der Waals surface area contributed by atoms with Crippen LogP contribution in [0.5, 0.6) is 0 Å². The summed E-state index contributed by atoms with van der Waals surface area (Å²) in [4.78, 5) is 0. The summed E-state index contributed by atoms with van der Waals surface area (Å²) >= 11 is 1.89. The van der Waals surface area contributed by atoms with Gasteiger partial charge in [0.05, 0.1) is 10.7 Å². The van der Waals surface area contributed by atoms with Crippen LogP contribution in [0, 0.1) is 12.8 Å². The number of hydrogen-bond donors (Lipinski definition) is 1. The van der Waals surface area contributed by atoms with E-state index in [2.05, 4.69) is 37.3 Å². The zero-order valence-electron chi connectivity index (χ0n) is 11.7. The highest BCUT2D eigenvalue weighted by Gasteiger charge is 2.08. The molecule has 1 atom stereocenters. The molecule has 0 aliphatic heterocycles. The number of aromatic nitrogens is 2. The van der Waals surface area contributed by atoms with Crippen LogP contribution in [0.15, 0.2) is 11.1 Å². The summed E-state index contributed by atoms with van der Waals surface area (Å²) < 4.78 is 1.96. The van der Waals surface area contributed by atoms with Gasteiger partial charge >= 0.3 is 0 Å². The second-order valence-corrected chi connectivity index (χ2v) is 6.52. The molecule has 0 fully saturated rings. The number of aryl methyl sites for hydroxylation is 2. The maximum Gasteiger partial charge on any atom is 0.0942 e. The van der Waals surface area contributed by atoms with Crippen LogP contribution in [0.2, 0.25) is 0 Å². The topological polar surface area (TPSA) is 29.9 Å². The van der Waals surface area contributed by atoms with Crippen molar-refractivity contribution >= 4 is 11.8 Å². The molecule has 1 heterocycles. The first-order valence-corrected chi connectivity index (χ1v) is 7.25. The molecule has 0 spiro atoms. The second-order valence-electron chi connectivity index (χ2n) is 5.06. The third kappa shape index (κ3) is 5.59. The number of nitrogens with zero attached hydrogens (tertiary/aromatic N) is 2. The summed E-state index contributed by atoms with van der Waals surface area (Å²) in [5.41, 5.74) is 1.09. The molecule has 1 N–H and O–H groups in total. The Bertz CT molecular complexity index is 333. The molecule has 0 aromatic carbocycles.